The van der Waals surface area contributed by atoms with Crippen LogP contribution in [0.1, 0.15) is 23.2 Å². The Hall–Kier alpha value is -3.29. The highest BCUT2D eigenvalue weighted by Gasteiger charge is 2.28. The van der Waals surface area contributed by atoms with E-state index in [9.17, 15) is 23.2 Å². The molecule has 0 bridgehead atoms. The average molecular weight is 401 g/mol. The van der Waals surface area contributed by atoms with Gasteiger partial charge in [-0.1, -0.05) is 18.2 Å². The van der Waals surface area contributed by atoms with E-state index in [4.69, 9.17) is 0 Å². The van der Waals surface area contributed by atoms with E-state index < -0.39 is 17.5 Å². The number of halogens is 2. The molecule has 3 amide bonds. The fourth-order valence-electron chi connectivity index (χ4n) is 3.22. The van der Waals surface area contributed by atoms with Crippen LogP contribution in [0.25, 0.3) is 0 Å². The fourth-order valence-corrected chi connectivity index (χ4v) is 3.22. The molecule has 0 aromatic heterocycles. The van der Waals surface area contributed by atoms with Crippen LogP contribution in [-0.2, 0) is 9.59 Å². The van der Waals surface area contributed by atoms with Gasteiger partial charge in [0, 0.05) is 24.8 Å². The quantitative estimate of drug-likeness (QED) is 0.808. The van der Waals surface area contributed by atoms with E-state index in [1.807, 2.05) is 18.2 Å². The van der Waals surface area contributed by atoms with Gasteiger partial charge in [-0.05, 0) is 37.1 Å². The molecule has 1 aliphatic rings. The lowest BCUT2D eigenvalue weighted by atomic mass is 9.97. The molecule has 1 atom stereocenters. The SMILES string of the molecule is O=C(NCC(=O)N1CCCC(C(=O)Nc2ccccc2)C1)c1ccc(F)cc1F. The Bertz CT molecular complexity index is 905. The third-order valence-corrected chi connectivity index (χ3v) is 4.76. The third kappa shape index (κ3) is 5.37. The highest BCUT2D eigenvalue weighted by atomic mass is 19.1. The normalized spacial score (nSPS) is 16.2. The van der Waals surface area contributed by atoms with Gasteiger partial charge in [-0.3, -0.25) is 14.4 Å². The highest BCUT2D eigenvalue weighted by Crippen LogP contribution is 2.19. The zero-order chi connectivity index (χ0) is 20.8. The number of anilines is 1. The number of carbonyl (C=O) groups is 3. The van der Waals surface area contributed by atoms with Crippen LogP contribution in [0.15, 0.2) is 48.5 Å². The number of hydrogen-bond acceptors (Lipinski definition) is 3. The second-order valence-electron chi connectivity index (χ2n) is 6.84. The van der Waals surface area contributed by atoms with Crippen molar-refractivity contribution in [2.24, 2.45) is 5.92 Å². The number of amides is 3. The monoisotopic (exact) mass is 401 g/mol. The van der Waals surface area contributed by atoms with Gasteiger partial charge < -0.3 is 15.5 Å². The van der Waals surface area contributed by atoms with Crippen LogP contribution in [-0.4, -0.2) is 42.3 Å². The van der Waals surface area contributed by atoms with Gasteiger partial charge in [0.2, 0.25) is 11.8 Å². The van der Waals surface area contributed by atoms with Crippen molar-refractivity contribution in [1.29, 1.82) is 0 Å². The summed E-state index contributed by atoms with van der Waals surface area (Å²) < 4.78 is 26.6. The van der Waals surface area contributed by atoms with Gasteiger partial charge in [0.1, 0.15) is 11.6 Å². The van der Waals surface area contributed by atoms with Gasteiger partial charge in [0.25, 0.3) is 5.91 Å². The molecule has 0 aliphatic carbocycles. The van der Waals surface area contributed by atoms with Crippen LogP contribution >= 0.6 is 0 Å². The second-order valence-corrected chi connectivity index (χ2v) is 6.84. The molecule has 1 fully saturated rings. The van der Waals surface area contributed by atoms with Crippen LogP contribution in [0, 0.1) is 17.6 Å². The maximum absolute atomic E-state index is 13.7. The van der Waals surface area contributed by atoms with Gasteiger partial charge in [-0.25, -0.2) is 8.78 Å². The first-order valence-electron chi connectivity index (χ1n) is 9.31. The molecule has 0 saturated carbocycles. The van der Waals surface area contributed by atoms with E-state index in [0.29, 0.717) is 31.1 Å². The van der Waals surface area contributed by atoms with Gasteiger partial charge in [-0.15, -0.1) is 0 Å². The summed E-state index contributed by atoms with van der Waals surface area (Å²) >= 11 is 0. The Balaban J connectivity index is 1.52. The number of nitrogens with one attached hydrogen (secondary N) is 2. The van der Waals surface area contributed by atoms with Gasteiger partial charge in [-0.2, -0.15) is 0 Å². The summed E-state index contributed by atoms with van der Waals surface area (Å²) in [6.07, 6.45) is 1.33. The number of hydrogen-bond donors (Lipinski definition) is 2. The molecule has 0 spiro atoms. The number of piperidine rings is 1. The summed E-state index contributed by atoms with van der Waals surface area (Å²) in [7, 11) is 0. The summed E-state index contributed by atoms with van der Waals surface area (Å²) in [6, 6.07) is 11.7. The highest BCUT2D eigenvalue weighted by molar-refractivity contribution is 5.97. The summed E-state index contributed by atoms with van der Waals surface area (Å²) in [4.78, 5) is 38.4. The van der Waals surface area contributed by atoms with Crippen molar-refractivity contribution in [2.45, 2.75) is 12.8 Å². The number of carbonyl (C=O) groups excluding carboxylic acids is 3. The molecule has 2 aromatic carbocycles. The van der Waals surface area contributed by atoms with Crippen molar-refractivity contribution in [3.8, 4) is 0 Å². The fraction of sp³-hybridized carbons (Fsp3) is 0.286. The average Bonchev–Trinajstić information content (AvgIpc) is 2.72. The minimum Gasteiger partial charge on any atom is -0.343 e. The maximum atomic E-state index is 13.7. The number of rotatable bonds is 5. The zero-order valence-electron chi connectivity index (χ0n) is 15.7. The molecule has 1 unspecified atom stereocenters. The van der Waals surface area contributed by atoms with Crippen molar-refractivity contribution in [2.75, 3.05) is 25.0 Å². The second kappa shape index (κ2) is 9.27. The summed E-state index contributed by atoms with van der Waals surface area (Å²) in [5, 5.41) is 5.18. The molecule has 1 heterocycles. The molecular weight excluding hydrogens is 380 g/mol. The van der Waals surface area contributed by atoms with Crippen molar-refractivity contribution >= 4 is 23.4 Å². The first kappa shape index (κ1) is 20.4. The van der Waals surface area contributed by atoms with E-state index in [0.717, 1.165) is 12.1 Å². The Morgan fingerprint density at radius 2 is 1.83 bits per heavy atom. The van der Waals surface area contributed by atoms with Crippen LogP contribution in [0.3, 0.4) is 0 Å². The summed E-state index contributed by atoms with van der Waals surface area (Å²) in [5.74, 6) is -3.46. The molecule has 1 saturated heterocycles. The molecule has 0 radical (unpaired) electrons. The van der Waals surface area contributed by atoms with E-state index in [1.165, 1.54) is 4.90 Å². The first-order valence-corrected chi connectivity index (χ1v) is 9.31. The molecule has 8 heteroatoms. The largest absolute Gasteiger partial charge is 0.343 e. The Morgan fingerprint density at radius 3 is 2.55 bits per heavy atom. The first-order chi connectivity index (χ1) is 13.9. The molecule has 152 valence electrons. The topological polar surface area (TPSA) is 78.5 Å². The van der Waals surface area contributed by atoms with Crippen LogP contribution < -0.4 is 10.6 Å². The van der Waals surface area contributed by atoms with Crippen LogP contribution in [0.4, 0.5) is 14.5 Å². The van der Waals surface area contributed by atoms with Crippen molar-refractivity contribution in [3.05, 3.63) is 65.7 Å². The number of benzene rings is 2. The number of para-hydroxylation sites is 1. The maximum Gasteiger partial charge on any atom is 0.254 e. The molecule has 2 aromatic rings. The van der Waals surface area contributed by atoms with Crippen molar-refractivity contribution < 1.29 is 23.2 Å². The molecule has 29 heavy (non-hydrogen) atoms. The lowest BCUT2D eigenvalue weighted by Gasteiger charge is -2.32. The van der Waals surface area contributed by atoms with Crippen LogP contribution in [0.5, 0.6) is 0 Å². The smallest absolute Gasteiger partial charge is 0.254 e. The molecule has 2 N–H and O–H groups in total. The Kier molecular flexibility index (Phi) is 6.54. The van der Waals surface area contributed by atoms with E-state index >= 15 is 0 Å². The Labute approximate surface area is 166 Å². The summed E-state index contributed by atoms with van der Waals surface area (Å²) in [5.41, 5.74) is 0.354. The van der Waals surface area contributed by atoms with E-state index in [-0.39, 0.29) is 36.4 Å². The summed E-state index contributed by atoms with van der Waals surface area (Å²) in [6.45, 7) is 0.398. The third-order valence-electron chi connectivity index (χ3n) is 4.76. The lowest BCUT2D eigenvalue weighted by Crippen LogP contribution is -2.47. The molecule has 3 rings (SSSR count). The van der Waals surface area contributed by atoms with E-state index in [1.54, 1.807) is 12.1 Å². The number of nitrogens with zero attached hydrogens (tertiary/aromatic N) is 1. The Morgan fingerprint density at radius 1 is 1.07 bits per heavy atom. The minimum atomic E-state index is -0.995. The molecule has 1 aliphatic heterocycles. The molecule has 6 nitrogen and oxygen atoms in total. The van der Waals surface area contributed by atoms with Gasteiger partial charge in [0.15, 0.2) is 0 Å². The molecular formula is C21H21F2N3O3. The van der Waals surface area contributed by atoms with Gasteiger partial charge >= 0.3 is 0 Å². The lowest BCUT2D eigenvalue weighted by molar-refractivity contribution is -0.133. The predicted octanol–water partition coefficient (Wildman–Crippen LogP) is 2.57. The van der Waals surface area contributed by atoms with Crippen LogP contribution in [0.2, 0.25) is 0 Å². The van der Waals surface area contributed by atoms with Crippen molar-refractivity contribution in [1.82, 2.24) is 10.2 Å². The van der Waals surface area contributed by atoms with E-state index in [2.05, 4.69) is 10.6 Å². The van der Waals surface area contributed by atoms with Crippen molar-refractivity contribution in [3.63, 3.8) is 0 Å². The predicted molar refractivity (Wildman–Crippen MR) is 103 cm³/mol. The van der Waals surface area contributed by atoms with Gasteiger partial charge in [0.05, 0.1) is 18.0 Å². The minimum absolute atomic E-state index is 0.161. The standard InChI is InChI=1S/C21H21F2N3O3/c22-15-8-9-17(18(23)11-15)21(29)24-12-19(27)26-10-4-5-14(13-26)20(28)25-16-6-2-1-3-7-16/h1-3,6-9,11,14H,4-5,10,12-13H2,(H,24,29)(H,25,28). The number of likely N-dealkylation sites (tertiary alicyclic amines) is 1. The zero-order valence-corrected chi connectivity index (χ0v) is 15.7.